The number of carbonyl (C=O) groups is 1. The van der Waals surface area contributed by atoms with Gasteiger partial charge in [-0.05, 0) is 37.8 Å². The van der Waals surface area contributed by atoms with E-state index in [1.165, 1.54) is 0 Å². The Labute approximate surface area is 132 Å². The Morgan fingerprint density at radius 1 is 1.32 bits per heavy atom. The van der Waals surface area contributed by atoms with Crippen molar-refractivity contribution in [1.29, 1.82) is 0 Å². The molecule has 1 aliphatic rings. The highest BCUT2D eigenvalue weighted by Crippen LogP contribution is 2.25. The number of para-hydroxylation sites is 2. The van der Waals surface area contributed by atoms with E-state index in [-0.39, 0.29) is 12.0 Å². The molecule has 1 heterocycles. The first-order valence-electron chi connectivity index (χ1n) is 7.84. The highest BCUT2D eigenvalue weighted by molar-refractivity contribution is 5.80. The van der Waals surface area contributed by atoms with Gasteiger partial charge in [0.25, 0.3) is 5.91 Å². The van der Waals surface area contributed by atoms with Gasteiger partial charge < -0.3 is 19.1 Å². The summed E-state index contributed by atoms with van der Waals surface area (Å²) in [6.07, 6.45) is 3.48. The molecule has 1 aromatic rings. The van der Waals surface area contributed by atoms with Gasteiger partial charge >= 0.3 is 0 Å². The Balaban J connectivity index is 1.70. The van der Waals surface area contributed by atoms with Gasteiger partial charge in [0, 0.05) is 20.2 Å². The van der Waals surface area contributed by atoms with Crippen LogP contribution in [0.3, 0.4) is 0 Å². The molecule has 0 aliphatic carbocycles. The molecule has 5 heteroatoms. The summed E-state index contributed by atoms with van der Waals surface area (Å²) in [4.78, 5) is 13.9. The summed E-state index contributed by atoms with van der Waals surface area (Å²) < 4.78 is 16.5. The van der Waals surface area contributed by atoms with E-state index in [0.29, 0.717) is 19.8 Å². The zero-order valence-electron chi connectivity index (χ0n) is 13.4. The molecule has 1 atom stereocenters. The van der Waals surface area contributed by atoms with E-state index in [0.717, 1.165) is 37.2 Å². The van der Waals surface area contributed by atoms with Gasteiger partial charge in [0.2, 0.25) is 0 Å². The quantitative estimate of drug-likeness (QED) is 0.726. The molecule has 22 heavy (non-hydrogen) atoms. The van der Waals surface area contributed by atoms with Gasteiger partial charge in [0.15, 0.2) is 11.5 Å². The third-order valence-electron chi connectivity index (χ3n) is 3.80. The van der Waals surface area contributed by atoms with Crippen molar-refractivity contribution in [1.82, 2.24) is 4.90 Å². The molecule has 0 saturated carbocycles. The van der Waals surface area contributed by atoms with Gasteiger partial charge in [-0.25, -0.2) is 0 Å². The minimum atomic E-state index is -0.256. The number of ether oxygens (including phenoxy) is 3. The van der Waals surface area contributed by atoms with Crippen LogP contribution in [0.2, 0.25) is 0 Å². The van der Waals surface area contributed by atoms with Gasteiger partial charge in [-0.15, -0.1) is 0 Å². The molecule has 0 radical (unpaired) electrons. The van der Waals surface area contributed by atoms with Crippen molar-refractivity contribution in [3.8, 4) is 11.5 Å². The Hall–Kier alpha value is -1.75. The Bertz CT molecular complexity index is 471. The predicted octanol–water partition coefficient (Wildman–Crippen LogP) is 2.49. The molecule has 0 spiro atoms. The van der Waals surface area contributed by atoms with Gasteiger partial charge in [-0.1, -0.05) is 12.1 Å². The van der Waals surface area contributed by atoms with Crippen molar-refractivity contribution >= 4 is 5.91 Å². The van der Waals surface area contributed by atoms with E-state index in [2.05, 4.69) is 0 Å². The fourth-order valence-corrected chi connectivity index (χ4v) is 2.51. The van der Waals surface area contributed by atoms with Crippen molar-refractivity contribution in [3.63, 3.8) is 0 Å². The summed E-state index contributed by atoms with van der Waals surface area (Å²) in [6.45, 7) is 1.90. The van der Waals surface area contributed by atoms with Gasteiger partial charge in [0.1, 0.15) is 6.10 Å². The second-order valence-corrected chi connectivity index (χ2v) is 5.47. The molecule has 0 bridgehead atoms. The number of likely N-dealkylation sites (N-methyl/N-ethyl adjacent to an activating group) is 1. The average molecular weight is 307 g/mol. The number of hydrogen-bond acceptors (Lipinski definition) is 4. The van der Waals surface area contributed by atoms with Crippen LogP contribution in [0.15, 0.2) is 24.3 Å². The van der Waals surface area contributed by atoms with Crippen molar-refractivity contribution in [3.05, 3.63) is 24.3 Å². The lowest BCUT2D eigenvalue weighted by atomic mass is 10.1. The van der Waals surface area contributed by atoms with E-state index in [1.54, 1.807) is 12.0 Å². The van der Waals surface area contributed by atoms with Crippen LogP contribution in [-0.4, -0.2) is 50.8 Å². The zero-order chi connectivity index (χ0) is 15.8. The Kier molecular flexibility index (Phi) is 6.52. The third kappa shape index (κ3) is 4.63. The molecule has 1 amide bonds. The monoisotopic (exact) mass is 307 g/mol. The molecule has 1 fully saturated rings. The fourth-order valence-electron chi connectivity index (χ4n) is 2.51. The molecule has 1 saturated heterocycles. The lowest BCUT2D eigenvalue weighted by Crippen LogP contribution is -2.40. The van der Waals surface area contributed by atoms with Crippen LogP contribution < -0.4 is 9.47 Å². The fraction of sp³-hybridized carbons (Fsp3) is 0.588. The molecule has 122 valence electrons. The molecular formula is C17H25NO4. The molecule has 2 rings (SSSR count). The number of carbonyl (C=O) groups excluding carboxylic acids is 1. The number of methoxy groups -OCH3 is 1. The largest absolute Gasteiger partial charge is 0.493 e. The van der Waals surface area contributed by atoms with Crippen LogP contribution in [0.5, 0.6) is 11.5 Å². The van der Waals surface area contributed by atoms with E-state index in [9.17, 15) is 4.79 Å². The summed E-state index contributed by atoms with van der Waals surface area (Å²) in [7, 11) is 3.45. The summed E-state index contributed by atoms with van der Waals surface area (Å²) in [5, 5.41) is 0. The standard InChI is InChI=1S/C17H25NO4/c1-18(17(19)16-10-5-6-12-22-16)11-7-13-21-15-9-4-3-8-14(15)20-2/h3-4,8-9,16H,5-7,10-13H2,1-2H3/t16-/m0/s1. The van der Waals surface area contributed by atoms with Crippen molar-refractivity contribution in [2.45, 2.75) is 31.8 Å². The number of rotatable bonds is 7. The maximum atomic E-state index is 12.2. The predicted molar refractivity (Wildman–Crippen MR) is 84.3 cm³/mol. The van der Waals surface area contributed by atoms with Crippen LogP contribution in [0, 0.1) is 0 Å². The first kappa shape index (κ1) is 16.6. The van der Waals surface area contributed by atoms with Crippen molar-refractivity contribution in [2.75, 3.05) is 33.9 Å². The topological polar surface area (TPSA) is 48.0 Å². The molecule has 0 unspecified atom stereocenters. The Morgan fingerprint density at radius 2 is 2.09 bits per heavy atom. The first-order valence-corrected chi connectivity index (χ1v) is 7.84. The third-order valence-corrected chi connectivity index (χ3v) is 3.80. The second-order valence-electron chi connectivity index (χ2n) is 5.47. The minimum Gasteiger partial charge on any atom is -0.493 e. The maximum Gasteiger partial charge on any atom is 0.251 e. The Morgan fingerprint density at radius 3 is 2.77 bits per heavy atom. The maximum absolute atomic E-state index is 12.2. The van der Waals surface area contributed by atoms with E-state index >= 15 is 0 Å². The number of amides is 1. The van der Waals surface area contributed by atoms with E-state index in [1.807, 2.05) is 31.3 Å². The van der Waals surface area contributed by atoms with Crippen molar-refractivity contribution < 1.29 is 19.0 Å². The van der Waals surface area contributed by atoms with Gasteiger partial charge in [-0.2, -0.15) is 0 Å². The smallest absolute Gasteiger partial charge is 0.251 e. The summed E-state index contributed by atoms with van der Waals surface area (Å²) in [5.74, 6) is 1.54. The van der Waals surface area contributed by atoms with Crippen molar-refractivity contribution in [2.24, 2.45) is 0 Å². The molecule has 0 aromatic heterocycles. The average Bonchev–Trinajstić information content (AvgIpc) is 2.59. The van der Waals surface area contributed by atoms with E-state index < -0.39 is 0 Å². The highest BCUT2D eigenvalue weighted by atomic mass is 16.5. The number of benzene rings is 1. The molecule has 5 nitrogen and oxygen atoms in total. The van der Waals surface area contributed by atoms with E-state index in [4.69, 9.17) is 14.2 Å². The first-order chi connectivity index (χ1) is 10.7. The molecule has 1 aliphatic heterocycles. The lowest BCUT2D eigenvalue weighted by molar-refractivity contribution is -0.145. The SMILES string of the molecule is COc1ccccc1OCCCN(C)C(=O)[C@@H]1CCCCO1. The summed E-state index contributed by atoms with van der Waals surface area (Å²) in [6, 6.07) is 7.56. The van der Waals surface area contributed by atoms with Crippen LogP contribution in [0.4, 0.5) is 0 Å². The van der Waals surface area contributed by atoms with Crippen LogP contribution in [-0.2, 0) is 9.53 Å². The zero-order valence-corrected chi connectivity index (χ0v) is 13.4. The van der Waals surface area contributed by atoms with Crippen LogP contribution in [0.1, 0.15) is 25.7 Å². The normalized spacial score (nSPS) is 17.8. The molecule has 0 N–H and O–H groups in total. The summed E-state index contributed by atoms with van der Waals surface area (Å²) >= 11 is 0. The highest BCUT2D eigenvalue weighted by Gasteiger charge is 2.24. The van der Waals surface area contributed by atoms with Crippen LogP contribution in [0.25, 0.3) is 0 Å². The minimum absolute atomic E-state index is 0.0805. The lowest BCUT2D eigenvalue weighted by Gasteiger charge is -2.26. The second kappa shape index (κ2) is 8.63. The molecule has 1 aromatic carbocycles. The summed E-state index contributed by atoms with van der Waals surface area (Å²) in [5.41, 5.74) is 0. The molecular weight excluding hydrogens is 282 g/mol. The van der Waals surface area contributed by atoms with Gasteiger partial charge in [-0.3, -0.25) is 4.79 Å². The number of hydrogen-bond donors (Lipinski definition) is 0. The van der Waals surface area contributed by atoms with Crippen LogP contribution >= 0.6 is 0 Å². The number of nitrogens with zero attached hydrogens (tertiary/aromatic N) is 1. The van der Waals surface area contributed by atoms with Gasteiger partial charge in [0.05, 0.1) is 13.7 Å².